The summed E-state index contributed by atoms with van der Waals surface area (Å²) in [5, 5.41) is 3.43. The van der Waals surface area contributed by atoms with E-state index in [0.717, 1.165) is 5.56 Å². The van der Waals surface area contributed by atoms with E-state index >= 15 is 0 Å². The van der Waals surface area contributed by atoms with Crippen molar-refractivity contribution in [3.63, 3.8) is 0 Å². The van der Waals surface area contributed by atoms with E-state index in [2.05, 4.69) is 5.32 Å². The van der Waals surface area contributed by atoms with Gasteiger partial charge in [-0.05, 0) is 54.4 Å². The highest BCUT2D eigenvalue weighted by molar-refractivity contribution is 7.92. The summed E-state index contributed by atoms with van der Waals surface area (Å²) in [5.74, 6) is -0.465. The van der Waals surface area contributed by atoms with Crippen molar-refractivity contribution in [2.45, 2.75) is 11.3 Å². The van der Waals surface area contributed by atoms with Gasteiger partial charge in [0.15, 0.2) is 0 Å². The number of anilines is 2. The Balaban J connectivity index is 1.62. The number of nitrogens with one attached hydrogen (secondary N) is 1. The molecule has 0 saturated heterocycles. The van der Waals surface area contributed by atoms with Gasteiger partial charge in [-0.2, -0.15) is 0 Å². The summed E-state index contributed by atoms with van der Waals surface area (Å²) < 4.78 is 27.7. The second kappa shape index (κ2) is 7.71. The standard InChI is InChI=1S/C21H16Cl2N2O3S/c22-16-8-9-19(18(23)13-16)24-21(26)15-5-3-6-17(12-15)29(27,28)25-11-10-14-4-1-2-7-20(14)25/h1-9,12-13H,10-11H2,(H,24,26). The van der Waals surface area contributed by atoms with Crippen molar-refractivity contribution in [1.82, 2.24) is 0 Å². The monoisotopic (exact) mass is 446 g/mol. The molecule has 0 bridgehead atoms. The lowest BCUT2D eigenvalue weighted by Crippen LogP contribution is -2.29. The predicted octanol–water partition coefficient (Wildman–Crippen LogP) is 5.00. The van der Waals surface area contributed by atoms with Crippen LogP contribution in [0.3, 0.4) is 0 Å². The first-order chi connectivity index (χ1) is 13.9. The number of fused-ring (bicyclic) bond motifs is 1. The van der Waals surface area contributed by atoms with Gasteiger partial charge in [0.25, 0.3) is 15.9 Å². The molecule has 0 fully saturated rings. The van der Waals surface area contributed by atoms with Crippen LogP contribution in [0.1, 0.15) is 15.9 Å². The number of halogens is 2. The lowest BCUT2D eigenvalue weighted by atomic mass is 10.2. The fourth-order valence-electron chi connectivity index (χ4n) is 3.27. The van der Waals surface area contributed by atoms with Gasteiger partial charge in [0.1, 0.15) is 0 Å². The fourth-order valence-corrected chi connectivity index (χ4v) is 5.27. The van der Waals surface area contributed by atoms with Gasteiger partial charge in [0.05, 0.1) is 21.3 Å². The van der Waals surface area contributed by atoms with Crippen LogP contribution in [0.15, 0.2) is 71.6 Å². The zero-order valence-corrected chi connectivity index (χ0v) is 17.4. The Morgan fingerprint density at radius 2 is 1.76 bits per heavy atom. The van der Waals surface area contributed by atoms with Crippen LogP contribution in [0.2, 0.25) is 10.0 Å². The van der Waals surface area contributed by atoms with Crippen molar-refractivity contribution in [2.75, 3.05) is 16.2 Å². The molecular weight excluding hydrogens is 431 g/mol. The Hall–Kier alpha value is -2.54. The van der Waals surface area contributed by atoms with E-state index < -0.39 is 15.9 Å². The zero-order chi connectivity index (χ0) is 20.6. The molecular formula is C21H16Cl2N2O3S. The first-order valence-corrected chi connectivity index (χ1v) is 11.0. The largest absolute Gasteiger partial charge is 0.321 e. The third kappa shape index (κ3) is 3.83. The quantitative estimate of drug-likeness (QED) is 0.613. The number of benzene rings is 3. The number of nitrogens with zero attached hydrogens (tertiary/aromatic N) is 1. The molecule has 1 aliphatic heterocycles. The highest BCUT2D eigenvalue weighted by Gasteiger charge is 2.30. The fraction of sp³-hybridized carbons (Fsp3) is 0.0952. The molecule has 29 heavy (non-hydrogen) atoms. The van der Waals surface area contributed by atoms with Crippen molar-refractivity contribution in [3.8, 4) is 0 Å². The lowest BCUT2D eigenvalue weighted by molar-refractivity contribution is 0.102. The Labute approximate surface area is 178 Å². The number of sulfonamides is 1. The molecule has 3 aromatic rings. The number of rotatable bonds is 4. The van der Waals surface area contributed by atoms with E-state index in [0.29, 0.717) is 34.4 Å². The molecule has 8 heteroatoms. The zero-order valence-electron chi connectivity index (χ0n) is 15.1. The van der Waals surface area contributed by atoms with Crippen LogP contribution in [0, 0.1) is 0 Å². The van der Waals surface area contributed by atoms with Crippen LogP contribution < -0.4 is 9.62 Å². The number of carbonyl (C=O) groups is 1. The summed E-state index contributed by atoms with van der Waals surface area (Å²) in [6, 6.07) is 18.1. The molecule has 0 radical (unpaired) electrons. The van der Waals surface area contributed by atoms with Crippen LogP contribution in [-0.2, 0) is 16.4 Å². The maximum absolute atomic E-state index is 13.2. The Kier molecular flexibility index (Phi) is 5.25. The molecule has 1 aliphatic rings. The highest BCUT2D eigenvalue weighted by atomic mass is 35.5. The molecule has 0 saturated carbocycles. The maximum atomic E-state index is 13.2. The van der Waals surface area contributed by atoms with Crippen LogP contribution >= 0.6 is 23.2 Å². The molecule has 5 nitrogen and oxygen atoms in total. The Morgan fingerprint density at radius 1 is 0.966 bits per heavy atom. The third-order valence-corrected chi connectivity index (χ3v) is 7.07. The van der Waals surface area contributed by atoms with Crippen molar-refractivity contribution in [2.24, 2.45) is 0 Å². The average molecular weight is 447 g/mol. The van der Waals surface area contributed by atoms with Gasteiger partial charge in [-0.1, -0.05) is 47.5 Å². The smallest absolute Gasteiger partial charge is 0.264 e. The van der Waals surface area contributed by atoms with Gasteiger partial charge < -0.3 is 5.32 Å². The van der Waals surface area contributed by atoms with E-state index in [1.54, 1.807) is 30.3 Å². The van der Waals surface area contributed by atoms with Gasteiger partial charge in [-0.15, -0.1) is 0 Å². The average Bonchev–Trinajstić information content (AvgIpc) is 3.15. The van der Waals surface area contributed by atoms with Crippen LogP contribution in [-0.4, -0.2) is 20.9 Å². The van der Waals surface area contributed by atoms with Gasteiger partial charge in [0, 0.05) is 17.1 Å². The highest BCUT2D eigenvalue weighted by Crippen LogP contribution is 2.33. The van der Waals surface area contributed by atoms with Gasteiger partial charge in [-0.3, -0.25) is 9.10 Å². The molecule has 0 aliphatic carbocycles. The normalized spacial score (nSPS) is 13.2. The minimum atomic E-state index is -3.78. The van der Waals surface area contributed by atoms with Crippen molar-refractivity contribution in [3.05, 3.63) is 87.9 Å². The molecule has 1 heterocycles. The first-order valence-electron chi connectivity index (χ1n) is 8.83. The van der Waals surface area contributed by atoms with Crippen LogP contribution in [0.25, 0.3) is 0 Å². The third-order valence-electron chi connectivity index (χ3n) is 4.71. The number of amides is 1. The summed E-state index contributed by atoms with van der Waals surface area (Å²) in [7, 11) is -3.78. The van der Waals surface area contributed by atoms with Crippen LogP contribution in [0.5, 0.6) is 0 Å². The van der Waals surface area contributed by atoms with Crippen molar-refractivity contribution in [1.29, 1.82) is 0 Å². The number of para-hydroxylation sites is 1. The molecule has 148 valence electrons. The number of hydrogen-bond donors (Lipinski definition) is 1. The molecule has 4 rings (SSSR count). The van der Waals surface area contributed by atoms with Gasteiger partial charge >= 0.3 is 0 Å². The minimum Gasteiger partial charge on any atom is -0.321 e. The Morgan fingerprint density at radius 3 is 2.55 bits per heavy atom. The van der Waals surface area contributed by atoms with E-state index in [9.17, 15) is 13.2 Å². The lowest BCUT2D eigenvalue weighted by Gasteiger charge is -2.20. The summed E-state index contributed by atoms with van der Waals surface area (Å²) in [6.07, 6.45) is 0.657. The molecule has 1 amide bonds. The van der Waals surface area contributed by atoms with E-state index in [4.69, 9.17) is 23.2 Å². The van der Waals surface area contributed by atoms with Crippen molar-refractivity contribution >= 4 is 50.5 Å². The Bertz CT molecular complexity index is 1210. The van der Waals surface area contributed by atoms with Gasteiger partial charge in [0.2, 0.25) is 0 Å². The van der Waals surface area contributed by atoms with E-state index in [1.165, 1.54) is 22.5 Å². The van der Waals surface area contributed by atoms with Gasteiger partial charge in [-0.25, -0.2) is 8.42 Å². The second-order valence-electron chi connectivity index (χ2n) is 6.56. The summed E-state index contributed by atoms with van der Waals surface area (Å²) in [6.45, 7) is 0.373. The van der Waals surface area contributed by atoms with Crippen molar-refractivity contribution < 1.29 is 13.2 Å². The second-order valence-corrected chi connectivity index (χ2v) is 9.27. The molecule has 0 spiro atoms. The van der Waals surface area contributed by atoms with E-state index in [-0.39, 0.29) is 10.5 Å². The van der Waals surface area contributed by atoms with Crippen LogP contribution in [0.4, 0.5) is 11.4 Å². The van der Waals surface area contributed by atoms with E-state index in [1.807, 2.05) is 18.2 Å². The maximum Gasteiger partial charge on any atom is 0.264 e. The molecule has 1 N–H and O–H groups in total. The summed E-state index contributed by atoms with van der Waals surface area (Å²) in [5.41, 5.74) is 2.27. The molecule has 0 unspecified atom stereocenters. The first kappa shape index (κ1) is 19.8. The topological polar surface area (TPSA) is 66.5 Å². The molecule has 0 atom stereocenters. The summed E-state index contributed by atoms with van der Waals surface area (Å²) in [4.78, 5) is 12.7. The predicted molar refractivity (Wildman–Crippen MR) is 116 cm³/mol. The SMILES string of the molecule is O=C(Nc1ccc(Cl)cc1Cl)c1cccc(S(=O)(=O)N2CCc3ccccc32)c1. The molecule has 0 aromatic heterocycles. The summed E-state index contributed by atoms with van der Waals surface area (Å²) >= 11 is 12.0. The molecule has 3 aromatic carbocycles. The number of carbonyl (C=O) groups excluding carboxylic acids is 1. The number of hydrogen-bond acceptors (Lipinski definition) is 3. The minimum absolute atomic E-state index is 0.0593.